The fourth-order valence-electron chi connectivity index (χ4n) is 1.20. The lowest BCUT2D eigenvalue weighted by Gasteiger charge is -2.05. The fourth-order valence-corrected chi connectivity index (χ4v) is 1.20. The summed E-state index contributed by atoms with van der Waals surface area (Å²) in [6, 6.07) is 3.27. The highest BCUT2D eigenvalue weighted by Gasteiger charge is 2.13. The van der Waals surface area contributed by atoms with Gasteiger partial charge in [-0.15, -0.1) is 0 Å². The molecule has 0 aromatic carbocycles. The molecule has 0 spiro atoms. The van der Waals surface area contributed by atoms with Crippen LogP contribution in [0.5, 0.6) is 0 Å². The van der Waals surface area contributed by atoms with Crippen molar-refractivity contribution in [3.63, 3.8) is 0 Å². The molecule has 72 valence electrons. The van der Waals surface area contributed by atoms with Crippen LogP contribution in [0.25, 0.3) is 0 Å². The Labute approximate surface area is 81.6 Å². The normalized spacial score (nSPS) is 12.7. The van der Waals surface area contributed by atoms with E-state index >= 15 is 0 Å². The quantitative estimate of drug-likeness (QED) is 0.735. The number of nitrogens with zero attached hydrogens (tertiary/aromatic N) is 4. The maximum Gasteiger partial charge on any atom is 0.151 e. The van der Waals surface area contributed by atoms with Crippen molar-refractivity contribution < 1.29 is 0 Å². The SMILES string of the molecule is Cn1ccc(C(N)c2ncccn2)n1. The number of aromatic nitrogens is 4. The van der Waals surface area contributed by atoms with Crippen LogP contribution in [0.3, 0.4) is 0 Å². The van der Waals surface area contributed by atoms with Crippen LogP contribution in [0.2, 0.25) is 0 Å². The summed E-state index contributed by atoms with van der Waals surface area (Å²) in [7, 11) is 1.85. The van der Waals surface area contributed by atoms with E-state index in [2.05, 4.69) is 15.1 Å². The number of nitrogens with two attached hydrogens (primary N) is 1. The molecule has 0 fully saturated rings. The first-order valence-corrected chi connectivity index (χ1v) is 4.29. The second-order valence-corrected chi connectivity index (χ2v) is 3.00. The summed E-state index contributed by atoms with van der Waals surface area (Å²) in [6.07, 6.45) is 5.19. The minimum absolute atomic E-state index is 0.350. The molecular formula is C9H11N5. The maximum atomic E-state index is 5.93. The summed E-state index contributed by atoms with van der Waals surface area (Å²) in [5.74, 6) is 0.589. The van der Waals surface area contributed by atoms with Crippen LogP contribution in [0.1, 0.15) is 17.6 Å². The van der Waals surface area contributed by atoms with Gasteiger partial charge in [0.1, 0.15) is 6.04 Å². The third-order valence-corrected chi connectivity index (χ3v) is 1.92. The van der Waals surface area contributed by atoms with E-state index < -0.39 is 0 Å². The van der Waals surface area contributed by atoms with Crippen LogP contribution in [-0.2, 0) is 7.05 Å². The Hall–Kier alpha value is -1.75. The highest BCUT2D eigenvalue weighted by Crippen LogP contribution is 2.12. The minimum Gasteiger partial charge on any atom is -0.316 e. The van der Waals surface area contributed by atoms with E-state index in [0.717, 1.165) is 5.69 Å². The van der Waals surface area contributed by atoms with Crippen LogP contribution in [0, 0.1) is 0 Å². The van der Waals surface area contributed by atoms with E-state index in [1.165, 1.54) is 0 Å². The van der Waals surface area contributed by atoms with Gasteiger partial charge < -0.3 is 5.73 Å². The largest absolute Gasteiger partial charge is 0.316 e. The van der Waals surface area contributed by atoms with Gasteiger partial charge in [-0.3, -0.25) is 4.68 Å². The highest BCUT2D eigenvalue weighted by molar-refractivity contribution is 5.14. The van der Waals surface area contributed by atoms with Gasteiger partial charge in [0.05, 0.1) is 5.69 Å². The number of hydrogen-bond donors (Lipinski definition) is 1. The number of aryl methyl sites for hydroxylation is 1. The van der Waals surface area contributed by atoms with Crippen molar-refractivity contribution in [2.24, 2.45) is 12.8 Å². The van der Waals surface area contributed by atoms with E-state index in [1.54, 1.807) is 23.1 Å². The molecule has 0 aliphatic rings. The van der Waals surface area contributed by atoms with Crippen LogP contribution < -0.4 is 5.73 Å². The average Bonchev–Trinajstić information content (AvgIpc) is 2.65. The lowest BCUT2D eigenvalue weighted by molar-refractivity contribution is 0.693. The van der Waals surface area contributed by atoms with Gasteiger partial charge in [0.2, 0.25) is 0 Å². The second kappa shape index (κ2) is 3.55. The standard InChI is InChI=1S/C9H11N5/c1-14-6-3-7(13-14)8(10)9-11-4-2-5-12-9/h2-6,8H,10H2,1H3. The summed E-state index contributed by atoms with van der Waals surface area (Å²) < 4.78 is 1.71. The van der Waals surface area contributed by atoms with E-state index in [0.29, 0.717) is 5.82 Å². The van der Waals surface area contributed by atoms with Gasteiger partial charge in [0, 0.05) is 25.6 Å². The molecule has 0 aliphatic heterocycles. The molecule has 0 amide bonds. The molecule has 1 unspecified atom stereocenters. The zero-order valence-electron chi connectivity index (χ0n) is 7.83. The molecule has 2 aromatic rings. The van der Waals surface area contributed by atoms with E-state index in [-0.39, 0.29) is 6.04 Å². The van der Waals surface area contributed by atoms with Gasteiger partial charge in [-0.25, -0.2) is 9.97 Å². The first-order valence-electron chi connectivity index (χ1n) is 4.29. The summed E-state index contributed by atoms with van der Waals surface area (Å²) in [5, 5.41) is 4.20. The fraction of sp³-hybridized carbons (Fsp3) is 0.222. The molecule has 14 heavy (non-hydrogen) atoms. The molecule has 0 radical (unpaired) electrons. The van der Waals surface area contributed by atoms with Gasteiger partial charge in [-0.05, 0) is 12.1 Å². The molecule has 0 saturated heterocycles. The van der Waals surface area contributed by atoms with Crippen molar-refractivity contribution in [1.29, 1.82) is 0 Å². The van der Waals surface area contributed by atoms with Crippen molar-refractivity contribution in [1.82, 2.24) is 19.7 Å². The van der Waals surface area contributed by atoms with Crippen molar-refractivity contribution in [3.8, 4) is 0 Å². The third-order valence-electron chi connectivity index (χ3n) is 1.92. The molecule has 2 rings (SSSR count). The Morgan fingerprint density at radius 3 is 2.64 bits per heavy atom. The first-order chi connectivity index (χ1) is 6.77. The molecule has 0 aliphatic carbocycles. The van der Waals surface area contributed by atoms with E-state index in [1.807, 2.05) is 19.3 Å². The lowest BCUT2D eigenvalue weighted by atomic mass is 10.2. The molecule has 0 bridgehead atoms. The topological polar surface area (TPSA) is 69.6 Å². The Kier molecular flexibility index (Phi) is 2.24. The molecule has 5 nitrogen and oxygen atoms in total. The van der Waals surface area contributed by atoms with Gasteiger partial charge in [-0.2, -0.15) is 5.10 Å². The second-order valence-electron chi connectivity index (χ2n) is 3.00. The molecule has 5 heteroatoms. The predicted molar refractivity (Wildman–Crippen MR) is 51.3 cm³/mol. The Morgan fingerprint density at radius 2 is 2.07 bits per heavy atom. The number of rotatable bonds is 2. The van der Waals surface area contributed by atoms with Crippen LogP contribution in [0.4, 0.5) is 0 Å². The van der Waals surface area contributed by atoms with Gasteiger partial charge in [0.25, 0.3) is 0 Å². The lowest BCUT2D eigenvalue weighted by Crippen LogP contribution is -2.15. The van der Waals surface area contributed by atoms with Crippen molar-refractivity contribution in [2.75, 3.05) is 0 Å². The van der Waals surface area contributed by atoms with Gasteiger partial charge in [0.15, 0.2) is 5.82 Å². The third kappa shape index (κ3) is 1.62. The average molecular weight is 189 g/mol. The van der Waals surface area contributed by atoms with Gasteiger partial charge in [-0.1, -0.05) is 0 Å². The summed E-state index contributed by atoms with van der Waals surface area (Å²) in [4.78, 5) is 8.16. The molecule has 0 saturated carbocycles. The minimum atomic E-state index is -0.350. The predicted octanol–water partition coefficient (Wildman–Crippen LogP) is 0.258. The van der Waals surface area contributed by atoms with E-state index in [9.17, 15) is 0 Å². The smallest absolute Gasteiger partial charge is 0.151 e. The van der Waals surface area contributed by atoms with Crippen molar-refractivity contribution in [2.45, 2.75) is 6.04 Å². The van der Waals surface area contributed by atoms with Crippen molar-refractivity contribution >= 4 is 0 Å². The maximum absolute atomic E-state index is 5.93. The zero-order valence-corrected chi connectivity index (χ0v) is 7.83. The molecule has 2 aromatic heterocycles. The molecule has 2 heterocycles. The van der Waals surface area contributed by atoms with E-state index in [4.69, 9.17) is 5.73 Å². The van der Waals surface area contributed by atoms with Crippen molar-refractivity contribution in [3.05, 3.63) is 42.2 Å². The number of hydrogen-bond acceptors (Lipinski definition) is 4. The molecule has 1 atom stereocenters. The Balaban J connectivity index is 2.29. The van der Waals surface area contributed by atoms with Gasteiger partial charge >= 0.3 is 0 Å². The zero-order chi connectivity index (χ0) is 9.97. The summed E-state index contributed by atoms with van der Waals surface area (Å²) in [5.41, 5.74) is 6.71. The van der Waals surface area contributed by atoms with Crippen LogP contribution in [0.15, 0.2) is 30.7 Å². The monoisotopic (exact) mass is 189 g/mol. The molecular weight excluding hydrogens is 178 g/mol. The first kappa shape index (κ1) is 8.83. The van der Waals surface area contributed by atoms with Crippen LogP contribution in [-0.4, -0.2) is 19.7 Å². The highest BCUT2D eigenvalue weighted by atomic mass is 15.3. The summed E-state index contributed by atoms with van der Waals surface area (Å²) >= 11 is 0. The van der Waals surface area contributed by atoms with Crippen LogP contribution >= 0.6 is 0 Å². The Morgan fingerprint density at radius 1 is 1.36 bits per heavy atom. The Bertz CT molecular complexity index is 408. The summed E-state index contributed by atoms with van der Waals surface area (Å²) in [6.45, 7) is 0. The molecule has 2 N–H and O–H groups in total.